The molecule has 1 aromatic rings. The molecule has 4 heterocycles. The third kappa shape index (κ3) is 8.27. The average Bonchev–Trinajstić information content (AvgIpc) is 3.48. The normalized spacial score (nSPS) is 46.2. The molecule has 0 spiro atoms. The van der Waals surface area contributed by atoms with Gasteiger partial charge >= 0.3 is 0 Å². The van der Waals surface area contributed by atoms with E-state index in [2.05, 4.69) is 0 Å². The van der Waals surface area contributed by atoms with Crippen LogP contribution in [0.2, 0.25) is 0 Å². The van der Waals surface area contributed by atoms with Gasteiger partial charge in [-0.25, -0.2) is 0 Å². The van der Waals surface area contributed by atoms with Crippen LogP contribution in [0, 0.1) is 0 Å². The van der Waals surface area contributed by atoms with Crippen molar-refractivity contribution in [3.63, 3.8) is 0 Å². The van der Waals surface area contributed by atoms with E-state index < -0.39 is 129 Å². The van der Waals surface area contributed by atoms with Gasteiger partial charge in [-0.05, 0) is 18.6 Å². The number of hydrogen-bond acceptors (Lipinski definition) is 22. The average molecular weight is 794 g/mol. The fourth-order valence-corrected chi connectivity index (χ4v) is 7.61. The molecule has 55 heavy (non-hydrogen) atoms. The molecular formula is C33H55N5O17. The Kier molecular flexibility index (Phi) is 13.7. The van der Waals surface area contributed by atoms with Gasteiger partial charge in [-0.1, -0.05) is 0 Å². The van der Waals surface area contributed by atoms with Gasteiger partial charge in [0.05, 0.1) is 52.7 Å². The van der Waals surface area contributed by atoms with Crippen molar-refractivity contribution in [2.24, 2.45) is 28.7 Å². The first kappa shape index (κ1) is 42.5. The van der Waals surface area contributed by atoms with Gasteiger partial charge in [-0.15, -0.1) is 0 Å². The Morgan fingerprint density at radius 1 is 0.655 bits per heavy atom. The minimum absolute atomic E-state index is 0.0534. The molecule has 20 atom stereocenters. The van der Waals surface area contributed by atoms with Crippen LogP contribution in [-0.2, 0) is 37.9 Å². The third-order valence-corrected chi connectivity index (χ3v) is 10.8. The molecule has 4 aliphatic heterocycles. The standard InChI is InChI=1S/C33H55N5O17/c1-45-13-4-10(5-14(46-2)26(13)47-3)30-48-9-17-28(53-30)23(43)19(38)32(51-17)52-25-12(36)6-11(35)20(40)29(25)55-33-24(44)27(16(8-39)50-33)54-31-18(37)22(42)21(41)15(7-34)49-31/h4-5,11-12,15-25,27-33,39-44H,6-9,34-38H2,1-3H3/t11-,12+,15?,16-,17-,18-,19-,20+,21-,22-,23-,24-,25+,27-,28-,29-,30?,31-,32-,33+/m1/s1. The maximum atomic E-state index is 11.4. The largest absolute Gasteiger partial charge is 0.493 e. The number of aliphatic hydroxyl groups excluding tert-OH is 6. The van der Waals surface area contributed by atoms with Gasteiger partial charge in [0.25, 0.3) is 0 Å². The molecule has 22 heteroatoms. The van der Waals surface area contributed by atoms with E-state index in [1.165, 1.54) is 21.3 Å². The summed E-state index contributed by atoms with van der Waals surface area (Å²) in [6.45, 7) is -0.882. The minimum Gasteiger partial charge on any atom is -0.493 e. The van der Waals surface area contributed by atoms with Crippen LogP contribution in [0.5, 0.6) is 17.2 Å². The summed E-state index contributed by atoms with van der Waals surface area (Å²) in [6, 6.07) is -0.904. The van der Waals surface area contributed by atoms with Gasteiger partial charge in [0, 0.05) is 24.2 Å². The molecule has 5 aliphatic rings. The van der Waals surface area contributed by atoms with Crippen LogP contribution >= 0.6 is 0 Å². The van der Waals surface area contributed by atoms with Crippen molar-refractivity contribution in [3.8, 4) is 17.2 Å². The monoisotopic (exact) mass is 793 g/mol. The first-order chi connectivity index (χ1) is 26.3. The number of methoxy groups -OCH3 is 3. The Balaban J connectivity index is 1.14. The van der Waals surface area contributed by atoms with Crippen molar-refractivity contribution in [2.45, 2.75) is 129 Å². The Hall–Kier alpha value is -2.14. The topological polar surface area (TPSA) is 353 Å². The van der Waals surface area contributed by atoms with Crippen molar-refractivity contribution < 1.29 is 82.7 Å². The fourth-order valence-electron chi connectivity index (χ4n) is 7.61. The third-order valence-electron chi connectivity index (χ3n) is 10.8. The smallest absolute Gasteiger partial charge is 0.203 e. The molecule has 2 unspecified atom stereocenters. The minimum atomic E-state index is -1.62. The maximum absolute atomic E-state index is 11.4. The first-order valence-corrected chi connectivity index (χ1v) is 18.0. The second-order valence-corrected chi connectivity index (χ2v) is 14.2. The summed E-state index contributed by atoms with van der Waals surface area (Å²) in [6.07, 6.45) is -20.3. The molecule has 1 aliphatic carbocycles. The molecule has 5 fully saturated rings. The van der Waals surface area contributed by atoms with Crippen LogP contribution in [0.25, 0.3) is 0 Å². The summed E-state index contributed by atoms with van der Waals surface area (Å²) < 4.78 is 64.2. The molecule has 4 saturated heterocycles. The summed E-state index contributed by atoms with van der Waals surface area (Å²) in [5.74, 6) is 1.11. The van der Waals surface area contributed by atoms with E-state index in [-0.39, 0.29) is 19.6 Å². The number of ether oxygens (including phenoxy) is 11. The fraction of sp³-hybridized carbons (Fsp3) is 0.818. The van der Waals surface area contributed by atoms with Gasteiger partial charge in [-0.2, -0.15) is 0 Å². The lowest BCUT2D eigenvalue weighted by Crippen LogP contribution is -2.69. The van der Waals surface area contributed by atoms with Crippen LogP contribution in [-0.4, -0.2) is 188 Å². The Morgan fingerprint density at radius 3 is 1.87 bits per heavy atom. The van der Waals surface area contributed by atoms with Crippen LogP contribution in [0.3, 0.4) is 0 Å². The molecule has 0 bridgehead atoms. The molecule has 1 aromatic carbocycles. The van der Waals surface area contributed by atoms with E-state index in [9.17, 15) is 30.6 Å². The Labute approximate surface area is 316 Å². The van der Waals surface area contributed by atoms with Crippen LogP contribution in [0.4, 0.5) is 0 Å². The molecule has 22 nitrogen and oxygen atoms in total. The van der Waals surface area contributed by atoms with E-state index in [0.717, 1.165) is 0 Å². The second-order valence-electron chi connectivity index (χ2n) is 14.2. The SMILES string of the molecule is COc1cc(C2OC[C@H]3O[C@H](O[C@@H]4[C@H](O[C@@H]5O[C@H](CO)[C@@H](O[C@H]6OC(CN)[C@@H](O)[C@H](O)[C@H]6N)[C@H]5O)[C@@H](O)[C@H](N)C[C@@H]4N)[C@H](N)[C@@H](O)[C@@H]3O2)cc(OC)c1OC. The molecule has 16 N–H and O–H groups in total. The van der Waals surface area contributed by atoms with Gasteiger partial charge < -0.3 is 111 Å². The van der Waals surface area contributed by atoms with Crippen LogP contribution in [0.1, 0.15) is 18.3 Å². The van der Waals surface area contributed by atoms with E-state index in [0.29, 0.717) is 22.8 Å². The van der Waals surface area contributed by atoms with E-state index in [4.69, 9.17) is 80.8 Å². The van der Waals surface area contributed by atoms with E-state index in [1.54, 1.807) is 12.1 Å². The number of rotatable bonds is 12. The summed E-state index contributed by atoms with van der Waals surface area (Å²) in [5.41, 5.74) is 31.4. The van der Waals surface area contributed by atoms with Crippen molar-refractivity contribution in [2.75, 3.05) is 41.1 Å². The zero-order valence-electron chi connectivity index (χ0n) is 30.6. The lowest BCUT2D eigenvalue weighted by atomic mass is 9.84. The molecule has 6 rings (SSSR count). The van der Waals surface area contributed by atoms with E-state index in [1.807, 2.05) is 0 Å². The first-order valence-electron chi connectivity index (χ1n) is 18.0. The highest BCUT2D eigenvalue weighted by molar-refractivity contribution is 5.54. The van der Waals surface area contributed by atoms with Crippen LogP contribution in [0.15, 0.2) is 12.1 Å². The van der Waals surface area contributed by atoms with Crippen molar-refractivity contribution >= 4 is 0 Å². The molecule has 0 radical (unpaired) electrons. The highest BCUT2D eigenvalue weighted by atomic mass is 16.8. The van der Waals surface area contributed by atoms with Crippen LogP contribution < -0.4 is 42.9 Å². The van der Waals surface area contributed by atoms with Gasteiger partial charge in [0.2, 0.25) is 5.75 Å². The van der Waals surface area contributed by atoms with Gasteiger partial charge in [0.1, 0.15) is 67.1 Å². The zero-order valence-corrected chi connectivity index (χ0v) is 30.6. The summed E-state index contributed by atoms with van der Waals surface area (Å²) in [4.78, 5) is 0. The predicted octanol–water partition coefficient (Wildman–Crippen LogP) is -6.07. The molecular weight excluding hydrogens is 738 g/mol. The van der Waals surface area contributed by atoms with Crippen molar-refractivity contribution in [1.29, 1.82) is 0 Å². The van der Waals surface area contributed by atoms with Crippen molar-refractivity contribution in [3.05, 3.63) is 17.7 Å². The van der Waals surface area contributed by atoms with Crippen molar-refractivity contribution in [1.82, 2.24) is 0 Å². The molecule has 1 saturated carbocycles. The number of hydrogen-bond donors (Lipinski definition) is 11. The highest BCUT2D eigenvalue weighted by Crippen LogP contribution is 2.43. The summed E-state index contributed by atoms with van der Waals surface area (Å²) >= 11 is 0. The second kappa shape index (κ2) is 17.8. The number of nitrogens with two attached hydrogens (primary N) is 5. The number of fused-ring (bicyclic) bond motifs is 1. The van der Waals surface area contributed by atoms with Gasteiger partial charge in [-0.3, -0.25) is 0 Å². The molecule has 0 aromatic heterocycles. The maximum Gasteiger partial charge on any atom is 0.203 e. The lowest BCUT2D eigenvalue weighted by molar-refractivity contribution is -0.356. The molecule has 0 amide bonds. The van der Waals surface area contributed by atoms with E-state index >= 15 is 0 Å². The summed E-state index contributed by atoms with van der Waals surface area (Å²) in [5, 5.41) is 64.7. The lowest BCUT2D eigenvalue weighted by Gasteiger charge is -2.49. The summed E-state index contributed by atoms with van der Waals surface area (Å²) in [7, 11) is 4.42. The predicted molar refractivity (Wildman–Crippen MR) is 183 cm³/mol. The van der Waals surface area contributed by atoms with Gasteiger partial charge in [0.15, 0.2) is 36.7 Å². The quantitative estimate of drug-likeness (QED) is 0.0938. The highest BCUT2D eigenvalue weighted by Gasteiger charge is 2.55. The number of aliphatic hydroxyl groups is 6. The number of benzene rings is 1. The zero-order chi connectivity index (χ0) is 39.9. The Bertz CT molecular complexity index is 1390. The molecule has 314 valence electrons. The Morgan fingerprint density at radius 2 is 1.25 bits per heavy atom.